The monoisotopic (exact) mass is 351 g/mol. The van der Waals surface area contributed by atoms with Crippen molar-refractivity contribution in [2.45, 2.75) is 19.5 Å². The maximum Gasteiger partial charge on any atom is 0.406 e. The SMILES string of the molecule is CN=C(NCCc1csc(C)n1)NCC(=O)N(C)CC(F)(F)F. The van der Waals surface area contributed by atoms with Crippen molar-refractivity contribution in [3.63, 3.8) is 0 Å². The topological polar surface area (TPSA) is 69.6 Å². The first-order valence-corrected chi connectivity index (χ1v) is 7.75. The van der Waals surface area contributed by atoms with E-state index in [1.54, 1.807) is 11.3 Å². The number of nitrogens with zero attached hydrogens (tertiary/aromatic N) is 3. The summed E-state index contributed by atoms with van der Waals surface area (Å²) in [6.45, 7) is 0.936. The third-order valence-corrected chi connectivity index (χ3v) is 3.64. The van der Waals surface area contributed by atoms with E-state index in [0.717, 1.165) is 17.7 Å². The molecule has 0 saturated carbocycles. The molecule has 0 radical (unpaired) electrons. The first kappa shape index (κ1) is 19.2. The molecule has 0 atom stereocenters. The van der Waals surface area contributed by atoms with Gasteiger partial charge in [-0.25, -0.2) is 4.98 Å². The molecule has 6 nitrogen and oxygen atoms in total. The number of aromatic nitrogens is 1. The summed E-state index contributed by atoms with van der Waals surface area (Å²) in [4.78, 5) is 20.5. The summed E-state index contributed by atoms with van der Waals surface area (Å²) in [6.07, 6.45) is -3.72. The normalized spacial score (nSPS) is 12.2. The Morgan fingerprint density at radius 2 is 2.13 bits per heavy atom. The maximum atomic E-state index is 12.2. The number of thiazole rings is 1. The van der Waals surface area contributed by atoms with Crippen molar-refractivity contribution in [1.29, 1.82) is 0 Å². The van der Waals surface area contributed by atoms with Gasteiger partial charge in [0, 0.05) is 32.4 Å². The number of hydrogen-bond donors (Lipinski definition) is 2. The third-order valence-electron chi connectivity index (χ3n) is 2.81. The molecule has 0 aliphatic rings. The Morgan fingerprint density at radius 3 is 2.65 bits per heavy atom. The van der Waals surface area contributed by atoms with E-state index in [4.69, 9.17) is 0 Å². The second-order valence-electron chi connectivity index (χ2n) is 4.83. The first-order valence-electron chi connectivity index (χ1n) is 6.87. The van der Waals surface area contributed by atoms with Crippen LogP contribution in [0, 0.1) is 6.92 Å². The molecule has 130 valence electrons. The highest BCUT2D eigenvalue weighted by atomic mass is 32.1. The average Bonchev–Trinajstić information content (AvgIpc) is 2.86. The zero-order chi connectivity index (χ0) is 17.5. The second-order valence-corrected chi connectivity index (χ2v) is 5.89. The highest BCUT2D eigenvalue weighted by Crippen LogP contribution is 2.15. The molecule has 2 N–H and O–H groups in total. The van der Waals surface area contributed by atoms with Crippen molar-refractivity contribution < 1.29 is 18.0 Å². The fourth-order valence-electron chi connectivity index (χ4n) is 1.70. The van der Waals surface area contributed by atoms with Crippen LogP contribution in [0.4, 0.5) is 13.2 Å². The average molecular weight is 351 g/mol. The van der Waals surface area contributed by atoms with Crippen LogP contribution < -0.4 is 10.6 Å². The van der Waals surface area contributed by atoms with Crippen LogP contribution >= 0.6 is 11.3 Å². The van der Waals surface area contributed by atoms with Crippen LogP contribution in [0.25, 0.3) is 0 Å². The number of hydrogen-bond acceptors (Lipinski definition) is 4. The molecular formula is C13H20F3N5OS. The molecular weight excluding hydrogens is 331 g/mol. The number of aryl methyl sites for hydroxylation is 1. The second kappa shape index (κ2) is 8.70. The summed E-state index contributed by atoms with van der Waals surface area (Å²) in [7, 11) is 2.63. The van der Waals surface area contributed by atoms with Crippen LogP contribution in [0.5, 0.6) is 0 Å². The fourth-order valence-corrected chi connectivity index (χ4v) is 2.35. The van der Waals surface area contributed by atoms with Gasteiger partial charge in [-0.2, -0.15) is 13.2 Å². The number of aliphatic imine (C=N–C) groups is 1. The Morgan fingerprint density at radius 1 is 1.43 bits per heavy atom. The largest absolute Gasteiger partial charge is 0.406 e. The van der Waals surface area contributed by atoms with E-state index in [1.165, 1.54) is 7.05 Å². The Bertz CT molecular complexity index is 544. The lowest BCUT2D eigenvalue weighted by Gasteiger charge is -2.19. The molecule has 0 bridgehead atoms. The van der Waals surface area contributed by atoms with Gasteiger partial charge in [-0.1, -0.05) is 0 Å². The predicted molar refractivity (Wildman–Crippen MR) is 83.6 cm³/mol. The Hall–Kier alpha value is -1.84. The molecule has 0 spiro atoms. The summed E-state index contributed by atoms with van der Waals surface area (Å²) in [5, 5.41) is 8.62. The van der Waals surface area contributed by atoms with E-state index in [2.05, 4.69) is 20.6 Å². The quantitative estimate of drug-likeness (QED) is 0.597. The zero-order valence-electron chi connectivity index (χ0n) is 13.2. The van der Waals surface area contributed by atoms with Gasteiger partial charge in [0.05, 0.1) is 17.2 Å². The number of carbonyl (C=O) groups is 1. The van der Waals surface area contributed by atoms with E-state index in [-0.39, 0.29) is 6.54 Å². The third kappa shape index (κ3) is 7.82. The van der Waals surface area contributed by atoms with Gasteiger partial charge in [-0.05, 0) is 6.92 Å². The van der Waals surface area contributed by atoms with Gasteiger partial charge in [0.1, 0.15) is 6.54 Å². The Labute approximate surface area is 136 Å². The maximum absolute atomic E-state index is 12.2. The van der Waals surface area contributed by atoms with Crippen molar-refractivity contribution in [3.05, 3.63) is 16.1 Å². The van der Waals surface area contributed by atoms with Crippen LogP contribution in [0.2, 0.25) is 0 Å². The smallest absolute Gasteiger partial charge is 0.356 e. The summed E-state index contributed by atoms with van der Waals surface area (Å²) < 4.78 is 36.6. The summed E-state index contributed by atoms with van der Waals surface area (Å²) in [5.74, 6) is -0.314. The molecule has 0 saturated heterocycles. The number of carbonyl (C=O) groups excluding carboxylic acids is 1. The number of alkyl halides is 3. The van der Waals surface area contributed by atoms with Gasteiger partial charge in [-0.3, -0.25) is 9.79 Å². The number of likely N-dealkylation sites (N-methyl/N-ethyl adjacent to an activating group) is 1. The van der Waals surface area contributed by atoms with Gasteiger partial charge in [-0.15, -0.1) is 11.3 Å². The van der Waals surface area contributed by atoms with Crippen LogP contribution in [-0.2, 0) is 11.2 Å². The Balaban J connectivity index is 2.32. The van der Waals surface area contributed by atoms with Crippen LogP contribution in [-0.4, -0.2) is 61.7 Å². The molecule has 0 aliphatic heterocycles. The minimum atomic E-state index is -4.41. The molecule has 1 aromatic rings. The standard InChI is InChI=1S/C13H20F3N5OS/c1-9-20-10(7-23-9)4-5-18-12(17-2)19-6-11(22)21(3)8-13(14,15)16/h7H,4-6,8H2,1-3H3,(H2,17,18,19). The van der Waals surface area contributed by atoms with Crippen molar-refractivity contribution >= 4 is 23.2 Å². The van der Waals surface area contributed by atoms with E-state index in [0.29, 0.717) is 23.8 Å². The Kier molecular flexibility index (Phi) is 7.27. The van der Waals surface area contributed by atoms with Gasteiger partial charge >= 0.3 is 6.18 Å². The predicted octanol–water partition coefficient (Wildman–Crippen LogP) is 1.18. The fraction of sp³-hybridized carbons (Fsp3) is 0.615. The van der Waals surface area contributed by atoms with Crippen molar-refractivity contribution in [2.24, 2.45) is 4.99 Å². The van der Waals surface area contributed by atoms with Crippen LogP contribution in [0.1, 0.15) is 10.7 Å². The molecule has 0 fully saturated rings. The van der Waals surface area contributed by atoms with Gasteiger partial charge < -0.3 is 15.5 Å². The van der Waals surface area contributed by atoms with Crippen molar-refractivity contribution in [1.82, 2.24) is 20.5 Å². The highest BCUT2D eigenvalue weighted by molar-refractivity contribution is 7.09. The molecule has 1 aromatic heterocycles. The molecule has 1 amide bonds. The molecule has 0 unspecified atom stereocenters. The minimum Gasteiger partial charge on any atom is -0.356 e. The molecule has 1 heterocycles. The molecule has 1 rings (SSSR count). The van der Waals surface area contributed by atoms with E-state index >= 15 is 0 Å². The van der Waals surface area contributed by atoms with Gasteiger partial charge in [0.15, 0.2) is 5.96 Å². The van der Waals surface area contributed by atoms with Crippen molar-refractivity contribution in [2.75, 3.05) is 33.7 Å². The molecule has 0 aliphatic carbocycles. The molecule has 0 aromatic carbocycles. The summed E-state index contributed by atoms with van der Waals surface area (Å²) in [5.41, 5.74) is 0.955. The summed E-state index contributed by atoms with van der Waals surface area (Å²) >= 11 is 1.56. The lowest BCUT2D eigenvalue weighted by Crippen LogP contribution is -2.45. The number of guanidine groups is 1. The van der Waals surface area contributed by atoms with Crippen LogP contribution in [0.3, 0.4) is 0 Å². The van der Waals surface area contributed by atoms with Gasteiger partial charge in [0.2, 0.25) is 5.91 Å². The first-order chi connectivity index (χ1) is 10.7. The molecule has 23 heavy (non-hydrogen) atoms. The van der Waals surface area contributed by atoms with E-state index in [1.807, 2.05) is 12.3 Å². The highest BCUT2D eigenvalue weighted by Gasteiger charge is 2.31. The number of nitrogens with one attached hydrogen (secondary N) is 2. The zero-order valence-corrected chi connectivity index (χ0v) is 14.0. The number of halogens is 3. The summed E-state index contributed by atoms with van der Waals surface area (Å²) in [6, 6.07) is 0. The number of rotatable bonds is 6. The lowest BCUT2D eigenvalue weighted by atomic mass is 10.3. The van der Waals surface area contributed by atoms with E-state index < -0.39 is 18.6 Å². The van der Waals surface area contributed by atoms with Gasteiger partial charge in [0.25, 0.3) is 0 Å². The van der Waals surface area contributed by atoms with Crippen molar-refractivity contribution in [3.8, 4) is 0 Å². The van der Waals surface area contributed by atoms with Crippen LogP contribution in [0.15, 0.2) is 10.4 Å². The lowest BCUT2D eigenvalue weighted by molar-refractivity contribution is -0.157. The van der Waals surface area contributed by atoms with E-state index in [9.17, 15) is 18.0 Å². The number of amides is 1. The minimum absolute atomic E-state index is 0.262. The molecule has 10 heteroatoms.